The van der Waals surface area contributed by atoms with Crippen molar-refractivity contribution in [3.8, 4) is 0 Å². The third kappa shape index (κ3) is 3.65. The summed E-state index contributed by atoms with van der Waals surface area (Å²) in [6.07, 6.45) is 1.77. The van der Waals surface area contributed by atoms with Crippen molar-refractivity contribution in [2.75, 3.05) is 6.54 Å². The molecule has 6 nitrogen and oxygen atoms in total. The molecule has 0 saturated carbocycles. The third-order valence-corrected chi connectivity index (χ3v) is 5.93. The van der Waals surface area contributed by atoms with E-state index in [0.29, 0.717) is 13.1 Å². The van der Waals surface area contributed by atoms with Crippen LogP contribution < -0.4 is 5.32 Å². The van der Waals surface area contributed by atoms with E-state index >= 15 is 0 Å². The Morgan fingerprint density at radius 2 is 2.32 bits per heavy atom. The molecule has 4 heterocycles. The number of aryl methyl sites for hydroxylation is 1. The molecule has 0 bridgehead atoms. The van der Waals surface area contributed by atoms with Gasteiger partial charge in [-0.2, -0.15) is 5.10 Å². The maximum absolute atomic E-state index is 12.7. The lowest BCUT2D eigenvalue weighted by Crippen LogP contribution is -2.44. The lowest BCUT2D eigenvalue weighted by molar-refractivity contribution is -0.126. The van der Waals surface area contributed by atoms with E-state index in [0.717, 1.165) is 34.4 Å². The molecular weight excluding hydrogens is 354 g/mol. The third-order valence-electron chi connectivity index (χ3n) is 4.24. The minimum atomic E-state index is -0.307. The van der Waals surface area contributed by atoms with E-state index < -0.39 is 0 Å². The Morgan fingerprint density at radius 3 is 3.08 bits per heavy atom. The fraction of sp³-hybridized carbons (Fsp3) is 0.353. The Hall–Kier alpha value is -2.03. The molecule has 0 aliphatic carbocycles. The van der Waals surface area contributed by atoms with Crippen molar-refractivity contribution < 1.29 is 4.79 Å². The van der Waals surface area contributed by atoms with E-state index in [9.17, 15) is 4.79 Å². The Morgan fingerprint density at radius 1 is 1.40 bits per heavy atom. The summed E-state index contributed by atoms with van der Waals surface area (Å²) in [5.41, 5.74) is 2.13. The number of nitrogens with one attached hydrogen (secondary N) is 1. The van der Waals surface area contributed by atoms with Gasteiger partial charge in [-0.15, -0.1) is 22.7 Å². The summed E-state index contributed by atoms with van der Waals surface area (Å²) in [4.78, 5) is 20.7. The second-order valence-electron chi connectivity index (χ2n) is 6.11. The average molecular weight is 374 g/mol. The predicted octanol–water partition coefficient (Wildman–Crippen LogP) is 2.58. The van der Waals surface area contributed by atoms with E-state index in [-0.39, 0.29) is 11.9 Å². The van der Waals surface area contributed by atoms with Crippen LogP contribution in [0.1, 0.15) is 27.3 Å². The van der Waals surface area contributed by atoms with Crippen molar-refractivity contribution in [3.63, 3.8) is 0 Å². The van der Waals surface area contributed by atoms with Gasteiger partial charge in [-0.05, 0) is 24.4 Å². The standard InChI is InChI=1S/C17H19N5OS2/c1-12-20-13(11-25-12)8-21-9-14-4-5-19-22(14)16(10-21)17(23)18-7-15-3-2-6-24-15/h2-6,11,16H,7-10H2,1H3,(H,18,23). The van der Waals surface area contributed by atoms with Crippen molar-refractivity contribution in [2.24, 2.45) is 0 Å². The van der Waals surface area contributed by atoms with Crippen LogP contribution in [0.2, 0.25) is 0 Å². The van der Waals surface area contributed by atoms with Gasteiger partial charge in [-0.3, -0.25) is 14.4 Å². The van der Waals surface area contributed by atoms with Gasteiger partial charge in [-0.25, -0.2) is 4.98 Å². The summed E-state index contributed by atoms with van der Waals surface area (Å²) in [5.74, 6) is 0.0116. The second-order valence-corrected chi connectivity index (χ2v) is 8.20. The quantitative estimate of drug-likeness (QED) is 0.747. The summed E-state index contributed by atoms with van der Waals surface area (Å²) in [6, 6.07) is 5.70. The van der Waals surface area contributed by atoms with Crippen molar-refractivity contribution in [1.29, 1.82) is 0 Å². The van der Waals surface area contributed by atoms with E-state index in [2.05, 4.69) is 25.7 Å². The van der Waals surface area contributed by atoms with Gasteiger partial charge >= 0.3 is 0 Å². The minimum Gasteiger partial charge on any atom is -0.349 e. The van der Waals surface area contributed by atoms with Crippen LogP contribution in [0.3, 0.4) is 0 Å². The van der Waals surface area contributed by atoms with E-state index in [1.54, 1.807) is 28.9 Å². The molecule has 8 heteroatoms. The number of nitrogens with zero attached hydrogens (tertiary/aromatic N) is 4. The average Bonchev–Trinajstić information content (AvgIpc) is 3.33. The van der Waals surface area contributed by atoms with Crippen molar-refractivity contribution in [2.45, 2.75) is 32.6 Å². The van der Waals surface area contributed by atoms with Crippen LogP contribution in [0.5, 0.6) is 0 Å². The van der Waals surface area contributed by atoms with Crippen LogP contribution >= 0.6 is 22.7 Å². The summed E-state index contributed by atoms with van der Waals surface area (Å²) in [7, 11) is 0. The highest BCUT2D eigenvalue weighted by atomic mass is 32.1. The Balaban J connectivity index is 1.47. The number of amides is 1. The number of carbonyl (C=O) groups is 1. The monoisotopic (exact) mass is 373 g/mol. The van der Waals surface area contributed by atoms with E-state index in [1.807, 2.05) is 35.2 Å². The molecule has 1 N–H and O–H groups in total. The number of aromatic nitrogens is 3. The molecule has 25 heavy (non-hydrogen) atoms. The summed E-state index contributed by atoms with van der Waals surface area (Å²) in [5, 5.41) is 12.6. The molecular formula is C17H19N5OS2. The van der Waals surface area contributed by atoms with Gasteiger partial charge in [0.15, 0.2) is 0 Å². The van der Waals surface area contributed by atoms with Gasteiger partial charge < -0.3 is 5.32 Å². The zero-order chi connectivity index (χ0) is 17.2. The SMILES string of the molecule is Cc1nc(CN2Cc3ccnn3C(C(=O)NCc3cccs3)C2)cs1. The number of hydrogen-bond acceptors (Lipinski definition) is 6. The minimum absolute atomic E-state index is 0.0116. The van der Waals surface area contributed by atoms with Crippen molar-refractivity contribution in [1.82, 2.24) is 25.0 Å². The molecule has 1 atom stereocenters. The molecule has 3 aromatic rings. The van der Waals surface area contributed by atoms with E-state index in [1.165, 1.54) is 0 Å². The van der Waals surface area contributed by atoms with Gasteiger partial charge in [-0.1, -0.05) is 6.07 Å². The first kappa shape index (κ1) is 16.4. The number of rotatable bonds is 5. The molecule has 0 fully saturated rings. The Kier molecular flexibility index (Phi) is 4.65. The molecule has 0 spiro atoms. The van der Waals surface area contributed by atoms with Gasteiger partial charge in [0.2, 0.25) is 5.91 Å². The highest BCUT2D eigenvalue weighted by Gasteiger charge is 2.31. The van der Waals surface area contributed by atoms with Crippen LogP contribution in [0, 0.1) is 6.92 Å². The molecule has 4 rings (SSSR count). The molecule has 1 aliphatic rings. The first-order valence-corrected chi connectivity index (χ1v) is 9.91. The lowest BCUT2D eigenvalue weighted by atomic mass is 10.1. The molecule has 0 aromatic carbocycles. The van der Waals surface area contributed by atoms with Gasteiger partial charge in [0.05, 0.1) is 22.9 Å². The van der Waals surface area contributed by atoms with Crippen LogP contribution in [0.15, 0.2) is 35.2 Å². The molecule has 3 aromatic heterocycles. The first-order valence-electron chi connectivity index (χ1n) is 8.15. The molecule has 0 saturated heterocycles. The Labute approximate surface area is 154 Å². The number of thiazole rings is 1. The maximum Gasteiger partial charge on any atom is 0.246 e. The summed E-state index contributed by atoms with van der Waals surface area (Å²) >= 11 is 3.31. The fourth-order valence-electron chi connectivity index (χ4n) is 3.09. The Bertz CT molecular complexity index is 854. The van der Waals surface area contributed by atoms with Gasteiger partial charge in [0, 0.05) is 36.1 Å². The zero-order valence-electron chi connectivity index (χ0n) is 13.9. The normalized spacial score (nSPS) is 17.4. The molecule has 1 unspecified atom stereocenters. The van der Waals surface area contributed by atoms with Crippen LogP contribution in [0.25, 0.3) is 0 Å². The topological polar surface area (TPSA) is 63.1 Å². The molecule has 130 valence electrons. The van der Waals surface area contributed by atoms with Crippen LogP contribution in [-0.2, 0) is 24.4 Å². The van der Waals surface area contributed by atoms with Gasteiger partial charge in [0.25, 0.3) is 0 Å². The molecule has 1 aliphatic heterocycles. The largest absolute Gasteiger partial charge is 0.349 e. The zero-order valence-corrected chi connectivity index (χ0v) is 15.5. The smallest absolute Gasteiger partial charge is 0.246 e. The summed E-state index contributed by atoms with van der Waals surface area (Å²) in [6.45, 7) is 4.76. The highest BCUT2D eigenvalue weighted by molar-refractivity contribution is 7.10. The maximum atomic E-state index is 12.7. The molecule has 1 amide bonds. The number of hydrogen-bond donors (Lipinski definition) is 1. The van der Waals surface area contributed by atoms with Crippen molar-refractivity contribution >= 4 is 28.6 Å². The number of fused-ring (bicyclic) bond motifs is 1. The predicted molar refractivity (Wildman–Crippen MR) is 98.4 cm³/mol. The highest BCUT2D eigenvalue weighted by Crippen LogP contribution is 2.23. The number of carbonyl (C=O) groups excluding carboxylic acids is 1. The summed E-state index contributed by atoms with van der Waals surface area (Å²) < 4.78 is 1.85. The number of thiophene rings is 1. The molecule has 0 radical (unpaired) electrons. The van der Waals surface area contributed by atoms with Crippen LogP contribution in [-0.4, -0.2) is 32.1 Å². The van der Waals surface area contributed by atoms with E-state index in [4.69, 9.17) is 0 Å². The van der Waals surface area contributed by atoms with Gasteiger partial charge in [0.1, 0.15) is 6.04 Å². The second kappa shape index (κ2) is 7.07. The van der Waals surface area contributed by atoms with Crippen molar-refractivity contribution in [3.05, 3.63) is 56.4 Å². The van der Waals surface area contributed by atoms with Crippen LogP contribution in [0.4, 0.5) is 0 Å². The fourth-order valence-corrected chi connectivity index (χ4v) is 4.34. The first-order chi connectivity index (χ1) is 12.2. The lowest BCUT2D eigenvalue weighted by Gasteiger charge is -2.32.